The number of hydrogen-bond donors (Lipinski definition) is 2. The van der Waals surface area contributed by atoms with E-state index in [1.165, 1.54) is 54.5 Å². The van der Waals surface area contributed by atoms with Gasteiger partial charge in [0.15, 0.2) is 0 Å². The number of para-hydroxylation sites is 1. The molecular formula is C31H38N2O2. The molecule has 0 radical (unpaired) electrons. The second-order valence-corrected chi connectivity index (χ2v) is 10.4. The SMILES string of the molecule is CCc1ccccc1OCc1cc(-c2cccc([C@H](N)CO)c2)cc(N2CCC3(CCCC3)C2)c1. The van der Waals surface area contributed by atoms with Crippen LogP contribution in [0.1, 0.15) is 61.8 Å². The van der Waals surface area contributed by atoms with Crippen molar-refractivity contribution in [2.45, 2.75) is 58.1 Å². The van der Waals surface area contributed by atoms with Crippen LogP contribution in [0.15, 0.2) is 66.7 Å². The molecule has 5 rings (SSSR count). The number of aryl methyl sites for hydroxylation is 1. The molecule has 2 fully saturated rings. The molecule has 1 aliphatic heterocycles. The van der Waals surface area contributed by atoms with Gasteiger partial charge in [0.1, 0.15) is 12.4 Å². The van der Waals surface area contributed by atoms with Crippen molar-refractivity contribution in [2.24, 2.45) is 11.1 Å². The smallest absolute Gasteiger partial charge is 0.122 e. The predicted octanol–water partition coefficient (Wildman–Crippen LogP) is 6.26. The summed E-state index contributed by atoms with van der Waals surface area (Å²) in [4.78, 5) is 2.58. The van der Waals surface area contributed by atoms with E-state index in [0.717, 1.165) is 36.4 Å². The summed E-state index contributed by atoms with van der Waals surface area (Å²) in [5.74, 6) is 0.962. The Kier molecular flexibility index (Phi) is 7.12. The second kappa shape index (κ2) is 10.4. The molecule has 35 heavy (non-hydrogen) atoms. The molecule has 1 saturated carbocycles. The maximum Gasteiger partial charge on any atom is 0.122 e. The third-order valence-electron chi connectivity index (χ3n) is 8.04. The lowest BCUT2D eigenvalue weighted by Gasteiger charge is -2.25. The van der Waals surface area contributed by atoms with Crippen LogP contribution in [-0.2, 0) is 13.0 Å². The van der Waals surface area contributed by atoms with E-state index in [1.54, 1.807) is 0 Å². The molecule has 1 spiro atoms. The average Bonchev–Trinajstić information content (AvgIpc) is 3.56. The fourth-order valence-corrected chi connectivity index (χ4v) is 5.95. The average molecular weight is 471 g/mol. The van der Waals surface area contributed by atoms with Crippen molar-refractivity contribution in [3.8, 4) is 16.9 Å². The van der Waals surface area contributed by atoms with Gasteiger partial charge in [-0.15, -0.1) is 0 Å². The quantitative estimate of drug-likeness (QED) is 0.408. The molecule has 3 N–H and O–H groups in total. The number of nitrogens with two attached hydrogens (primary N) is 1. The van der Waals surface area contributed by atoms with E-state index >= 15 is 0 Å². The van der Waals surface area contributed by atoms with Gasteiger partial charge in [-0.25, -0.2) is 0 Å². The Morgan fingerprint density at radius 1 is 0.971 bits per heavy atom. The minimum atomic E-state index is -0.368. The van der Waals surface area contributed by atoms with Crippen LogP contribution >= 0.6 is 0 Å². The van der Waals surface area contributed by atoms with E-state index in [0.29, 0.717) is 12.0 Å². The summed E-state index contributed by atoms with van der Waals surface area (Å²) >= 11 is 0. The fraction of sp³-hybridized carbons (Fsp3) is 0.419. The Hall–Kier alpha value is -2.82. The fourth-order valence-electron chi connectivity index (χ4n) is 5.95. The van der Waals surface area contributed by atoms with Gasteiger partial charge in [-0.1, -0.05) is 56.2 Å². The minimum Gasteiger partial charge on any atom is -0.489 e. The van der Waals surface area contributed by atoms with Gasteiger partial charge in [-0.05, 0) is 89.2 Å². The first-order valence-electron chi connectivity index (χ1n) is 13.2. The number of rotatable bonds is 8. The zero-order valence-corrected chi connectivity index (χ0v) is 20.9. The van der Waals surface area contributed by atoms with Crippen molar-refractivity contribution in [1.29, 1.82) is 0 Å². The molecule has 3 aromatic carbocycles. The summed E-state index contributed by atoms with van der Waals surface area (Å²) in [6.45, 7) is 4.92. The second-order valence-electron chi connectivity index (χ2n) is 10.4. The highest BCUT2D eigenvalue weighted by Gasteiger charge is 2.40. The molecule has 1 aliphatic carbocycles. The minimum absolute atomic E-state index is 0.0602. The summed E-state index contributed by atoms with van der Waals surface area (Å²) < 4.78 is 6.32. The van der Waals surface area contributed by atoms with E-state index in [2.05, 4.69) is 60.4 Å². The Balaban J connectivity index is 1.47. The number of hydrogen-bond acceptors (Lipinski definition) is 4. The monoisotopic (exact) mass is 470 g/mol. The molecule has 3 aromatic rings. The van der Waals surface area contributed by atoms with Crippen molar-refractivity contribution in [1.82, 2.24) is 0 Å². The van der Waals surface area contributed by atoms with Crippen LogP contribution in [0.25, 0.3) is 11.1 Å². The molecule has 0 amide bonds. The van der Waals surface area contributed by atoms with E-state index < -0.39 is 0 Å². The van der Waals surface area contributed by atoms with Crippen molar-refractivity contribution >= 4 is 5.69 Å². The topological polar surface area (TPSA) is 58.7 Å². The lowest BCUT2D eigenvalue weighted by Crippen LogP contribution is -2.25. The molecule has 0 aromatic heterocycles. The van der Waals surface area contributed by atoms with Gasteiger partial charge >= 0.3 is 0 Å². The lowest BCUT2D eigenvalue weighted by molar-refractivity contribution is 0.268. The van der Waals surface area contributed by atoms with Gasteiger partial charge in [0.2, 0.25) is 0 Å². The summed E-state index contributed by atoms with van der Waals surface area (Å²) in [5.41, 5.74) is 13.6. The standard InChI is InChI=1S/C31H38N2O2/c1-2-24-8-3-4-11-30(24)35-21-23-16-27(25-9-7-10-26(18-25)29(32)20-34)19-28(17-23)33-15-14-31(22-33)12-5-6-13-31/h3-4,7-11,16-19,29,34H,2,5-6,12-15,20-22,32H2,1H3/t29-/m1/s1. The molecule has 4 nitrogen and oxygen atoms in total. The Bertz CT molecular complexity index is 1150. The van der Waals surface area contributed by atoms with Crippen LogP contribution in [0.4, 0.5) is 5.69 Å². The van der Waals surface area contributed by atoms with E-state index in [-0.39, 0.29) is 12.6 Å². The third-order valence-corrected chi connectivity index (χ3v) is 8.04. The van der Waals surface area contributed by atoms with Gasteiger partial charge < -0.3 is 20.5 Å². The van der Waals surface area contributed by atoms with Gasteiger partial charge in [-0.3, -0.25) is 0 Å². The summed E-state index contributed by atoms with van der Waals surface area (Å²) in [5, 5.41) is 9.56. The van der Waals surface area contributed by atoms with Gasteiger partial charge in [-0.2, -0.15) is 0 Å². The summed E-state index contributed by atoms with van der Waals surface area (Å²) in [7, 11) is 0. The summed E-state index contributed by atoms with van der Waals surface area (Å²) in [6, 6.07) is 23.1. The highest BCUT2D eigenvalue weighted by Crippen LogP contribution is 2.46. The normalized spacial score (nSPS) is 17.7. The maximum absolute atomic E-state index is 9.56. The largest absolute Gasteiger partial charge is 0.489 e. The molecule has 184 valence electrons. The highest BCUT2D eigenvalue weighted by molar-refractivity contribution is 5.71. The van der Waals surface area contributed by atoms with Crippen molar-refractivity contribution in [3.63, 3.8) is 0 Å². The zero-order valence-electron chi connectivity index (χ0n) is 20.9. The maximum atomic E-state index is 9.56. The van der Waals surface area contributed by atoms with E-state index in [9.17, 15) is 5.11 Å². The van der Waals surface area contributed by atoms with Crippen LogP contribution in [0.3, 0.4) is 0 Å². The van der Waals surface area contributed by atoms with Crippen molar-refractivity contribution < 1.29 is 9.84 Å². The van der Waals surface area contributed by atoms with Crippen LogP contribution in [0.2, 0.25) is 0 Å². The molecule has 1 atom stereocenters. The lowest BCUT2D eigenvalue weighted by atomic mass is 9.86. The Morgan fingerprint density at radius 3 is 2.60 bits per heavy atom. The van der Waals surface area contributed by atoms with Crippen molar-refractivity contribution in [3.05, 3.63) is 83.4 Å². The van der Waals surface area contributed by atoms with E-state index in [4.69, 9.17) is 10.5 Å². The van der Waals surface area contributed by atoms with Gasteiger partial charge in [0.05, 0.1) is 12.6 Å². The summed E-state index contributed by atoms with van der Waals surface area (Å²) in [6.07, 6.45) is 7.74. The molecular weight excluding hydrogens is 432 g/mol. The van der Waals surface area contributed by atoms with Crippen LogP contribution < -0.4 is 15.4 Å². The first kappa shape index (κ1) is 23.9. The first-order chi connectivity index (χ1) is 17.1. The Morgan fingerprint density at radius 2 is 1.80 bits per heavy atom. The number of aliphatic hydroxyl groups is 1. The van der Waals surface area contributed by atoms with Gasteiger partial charge in [0, 0.05) is 18.8 Å². The number of nitrogens with zero attached hydrogens (tertiary/aromatic N) is 1. The molecule has 0 unspecified atom stereocenters. The van der Waals surface area contributed by atoms with E-state index in [1.807, 2.05) is 18.2 Å². The molecule has 1 saturated heterocycles. The van der Waals surface area contributed by atoms with Crippen LogP contribution in [0.5, 0.6) is 5.75 Å². The first-order valence-corrected chi connectivity index (χ1v) is 13.2. The number of ether oxygens (including phenoxy) is 1. The molecule has 1 heterocycles. The Labute approximate surface area is 209 Å². The highest BCUT2D eigenvalue weighted by atomic mass is 16.5. The number of aliphatic hydroxyl groups excluding tert-OH is 1. The predicted molar refractivity (Wildman–Crippen MR) is 144 cm³/mol. The molecule has 0 bridgehead atoms. The number of benzene rings is 3. The van der Waals surface area contributed by atoms with Crippen molar-refractivity contribution in [2.75, 3.05) is 24.6 Å². The molecule has 4 heteroatoms. The number of anilines is 1. The third kappa shape index (κ3) is 5.24. The molecule has 2 aliphatic rings. The van der Waals surface area contributed by atoms with Crippen LogP contribution in [0, 0.1) is 5.41 Å². The van der Waals surface area contributed by atoms with Gasteiger partial charge in [0.25, 0.3) is 0 Å². The van der Waals surface area contributed by atoms with Crippen LogP contribution in [-0.4, -0.2) is 24.8 Å². The zero-order chi connectivity index (χ0) is 24.3.